The molecule has 3 N–H and O–H groups in total. The number of benzene rings is 1. The molecule has 0 bridgehead atoms. The third-order valence-corrected chi connectivity index (χ3v) is 3.36. The SMILES string of the molecule is CN=C(NCCNC(=O)c1ccc(Br)cc1)NC(C)COC.I. The molecule has 1 aromatic rings. The van der Waals surface area contributed by atoms with Crippen molar-refractivity contribution < 1.29 is 9.53 Å². The molecular formula is C15H24BrIN4O2. The van der Waals surface area contributed by atoms with Crippen molar-refractivity contribution in [1.29, 1.82) is 0 Å². The molecule has 6 nitrogen and oxygen atoms in total. The van der Waals surface area contributed by atoms with Gasteiger partial charge in [-0.1, -0.05) is 15.9 Å². The summed E-state index contributed by atoms with van der Waals surface area (Å²) < 4.78 is 6.01. The van der Waals surface area contributed by atoms with E-state index in [-0.39, 0.29) is 35.9 Å². The lowest BCUT2D eigenvalue weighted by Crippen LogP contribution is -2.46. The van der Waals surface area contributed by atoms with Gasteiger partial charge in [0.05, 0.1) is 6.61 Å². The Balaban J connectivity index is 0.00000484. The summed E-state index contributed by atoms with van der Waals surface area (Å²) in [7, 11) is 3.36. The van der Waals surface area contributed by atoms with Crippen LogP contribution in [0.4, 0.5) is 0 Å². The predicted molar refractivity (Wildman–Crippen MR) is 108 cm³/mol. The molecule has 0 spiro atoms. The van der Waals surface area contributed by atoms with Gasteiger partial charge in [0.25, 0.3) is 5.91 Å². The molecule has 0 aliphatic rings. The monoisotopic (exact) mass is 498 g/mol. The van der Waals surface area contributed by atoms with E-state index in [1.54, 1.807) is 26.3 Å². The predicted octanol–water partition coefficient (Wildman–Crippen LogP) is 2.00. The van der Waals surface area contributed by atoms with Gasteiger partial charge in [-0.2, -0.15) is 0 Å². The molecule has 0 saturated carbocycles. The number of nitrogens with zero attached hydrogens (tertiary/aromatic N) is 1. The number of methoxy groups -OCH3 is 1. The van der Waals surface area contributed by atoms with Crippen molar-refractivity contribution in [2.45, 2.75) is 13.0 Å². The standard InChI is InChI=1S/C15H23BrN4O2.HI/c1-11(10-22-3)20-15(17-2)19-9-8-18-14(21)12-4-6-13(16)7-5-12;/h4-7,11H,8-10H2,1-3H3,(H,18,21)(H2,17,19,20);1H. The number of nitrogens with one attached hydrogen (secondary N) is 3. The largest absolute Gasteiger partial charge is 0.383 e. The van der Waals surface area contributed by atoms with Gasteiger partial charge in [0, 0.05) is 43.3 Å². The lowest BCUT2D eigenvalue weighted by Gasteiger charge is -2.17. The fourth-order valence-electron chi connectivity index (χ4n) is 1.78. The Labute approximate surface area is 163 Å². The van der Waals surface area contributed by atoms with E-state index < -0.39 is 0 Å². The summed E-state index contributed by atoms with van der Waals surface area (Å²) >= 11 is 3.34. The first-order valence-electron chi connectivity index (χ1n) is 7.06. The lowest BCUT2D eigenvalue weighted by atomic mass is 10.2. The van der Waals surface area contributed by atoms with Gasteiger partial charge in [-0.3, -0.25) is 9.79 Å². The number of carbonyl (C=O) groups is 1. The van der Waals surface area contributed by atoms with Gasteiger partial charge >= 0.3 is 0 Å². The van der Waals surface area contributed by atoms with Crippen molar-refractivity contribution >= 4 is 51.8 Å². The number of rotatable bonds is 7. The smallest absolute Gasteiger partial charge is 0.251 e. The molecule has 1 unspecified atom stereocenters. The van der Waals surface area contributed by atoms with Crippen molar-refractivity contribution in [3.63, 3.8) is 0 Å². The topological polar surface area (TPSA) is 74.8 Å². The maximum absolute atomic E-state index is 11.9. The number of amides is 1. The molecule has 0 aliphatic carbocycles. The van der Waals surface area contributed by atoms with E-state index in [2.05, 4.69) is 36.9 Å². The molecule has 0 aliphatic heterocycles. The zero-order chi connectivity index (χ0) is 16.4. The van der Waals surface area contributed by atoms with Gasteiger partial charge in [-0.25, -0.2) is 0 Å². The Bertz CT molecular complexity index is 497. The maximum atomic E-state index is 11.9. The molecule has 0 fully saturated rings. The van der Waals surface area contributed by atoms with Gasteiger partial charge in [-0.05, 0) is 31.2 Å². The number of aliphatic imine (C=N–C) groups is 1. The van der Waals surface area contributed by atoms with Crippen molar-refractivity contribution in [2.75, 3.05) is 33.9 Å². The molecule has 1 atom stereocenters. The van der Waals surface area contributed by atoms with Crippen molar-refractivity contribution in [3.8, 4) is 0 Å². The van der Waals surface area contributed by atoms with Crippen LogP contribution in [-0.4, -0.2) is 51.8 Å². The van der Waals surface area contributed by atoms with Crippen LogP contribution in [0.5, 0.6) is 0 Å². The third-order valence-electron chi connectivity index (χ3n) is 2.83. The Morgan fingerprint density at radius 2 is 1.87 bits per heavy atom. The van der Waals surface area contributed by atoms with Crippen LogP contribution in [0, 0.1) is 0 Å². The second-order valence-electron chi connectivity index (χ2n) is 4.76. The maximum Gasteiger partial charge on any atom is 0.251 e. The normalized spacial score (nSPS) is 12.1. The van der Waals surface area contributed by atoms with E-state index in [1.807, 2.05) is 19.1 Å². The van der Waals surface area contributed by atoms with Gasteiger partial charge < -0.3 is 20.7 Å². The zero-order valence-electron chi connectivity index (χ0n) is 13.6. The highest BCUT2D eigenvalue weighted by atomic mass is 127. The number of carbonyl (C=O) groups excluding carboxylic acids is 1. The Morgan fingerprint density at radius 3 is 2.43 bits per heavy atom. The minimum Gasteiger partial charge on any atom is -0.383 e. The number of halogens is 2. The quantitative estimate of drug-likeness (QED) is 0.232. The fraction of sp³-hybridized carbons (Fsp3) is 0.467. The summed E-state index contributed by atoms with van der Waals surface area (Å²) in [5.74, 6) is 0.590. The number of hydrogen-bond acceptors (Lipinski definition) is 3. The van der Waals surface area contributed by atoms with Gasteiger partial charge in [0.1, 0.15) is 0 Å². The number of hydrogen-bond donors (Lipinski definition) is 3. The molecule has 1 amide bonds. The van der Waals surface area contributed by atoms with Crippen LogP contribution in [0.2, 0.25) is 0 Å². The van der Waals surface area contributed by atoms with Gasteiger partial charge in [0.2, 0.25) is 0 Å². The van der Waals surface area contributed by atoms with Gasteiger partial charge in [0.15, 0.2) is 5.96 Å². The average Bonchev–Trinajstić information content (AvgIpc) is 2.51. The molecule has 1 rings (SSSR count). The van der Waals surface area contributed by atoms with Crippen LogP contribution in [0.3, 0.4) is 0 Å². The Hall–Kier alpha value is -0.870. The number of guanidine groups is 1. The lowest BCUT2D eigenvalue weighted by molar-refractivity contribution is 0.0954. The van der Waals surface area contributed by atoms with Crippen LogP contribution in [0.25, 0.3) is 0 Å². The summed E-state index contributed by atoms with van der Waals surface area (Å²) in [6.07, 6.45) is 0. The molecule has 0 heterocycles. The van der Waals surface area contributed by atoms with Crippen molar-refractivity contribution in [2.24, 2.45) is 4.99 Å². The van der Waals surface area contributed by atoms with E-state index in [1.165, 1.54) is 0 Å². The van der Waals surface area contributed by atoms with E-state index in [0.29, 0.717) is 31.2 Å². The Morgan fingerprint density at radius 1 is 1.26 bits per heavy atom. The first-order valence-corrected chi connectivity index (χ1v) is 7.86. The first-order chi connectivity index (χ1) is 10.6. The zero-order valence-corrected chi connectivity index (χ0v) is 17.5. The van der Waals surface area contributed by atoms with E-state index in [9.17, 15) is 4.79 Å². The summed E-state index contributed by atoms with van der Waals surface area (Å²) in [4.78, 5) is 16.0. The molecule has 8 heteroatoms. The van der Waals surface area contributed by atoms with E-state index in [4.69, 9.17) is 4.74 Å². The van der Waals surface area contributed by atoms with Crippen LogP contribution in [0.1, 0.15) is 17.3 Å². The molecule has 0 aromatic heterocycles. The van der Waals surface area contributed by atoms with Crippen molar-refractivity contribution in [3.05, 3.63) is 34.3 Å². The van der Waals surface area contributed by atoms with Crippen molar-refractivity contribution in [1.82, 2.24) is 16.0 Å². The van der Waals surface area contributed by atoms with E-state index in [0.717, 1.165) is 4.47 Å². The second-order valence-corrected chi connectivity index (χ2v) is 5.68. The first kappa shape index (κ1) is 22.1. The van der Waals surface area contributed by atoms with Gasteiger partial charge in [-0.15, -0.1) is 24.0 Å². The average molecular weight is 499 g/mol. The van der Waals surface area contributed by atoms with Crippen LogP contribution < -0.4 is 16.0 Å². The van der Waals surface area contributed by atoms with Crippen LogP contribution in [0.15, 0.2) is 33.7 Å². The summed E-state index contributed by atoms with van der Waals surface area (Å²) in [6.45, 7) is 3.70. The summed E-state index contributed by atoms with van der Waals surface area (Å²) in [6, 6.07) is 7.40. The molecular weight excluding hydrogens is 475 g/mol. The van der Waals surface area contributed by atoms with Crippen LogP contribution in [-0.2, 0) is 4.74 Å². The molecule has 130 valence electrons. The fourth-order valence-corrected chi connectivity index (χ4v) is 2.04. The third kappa shape index (κ3) is 9.11. The highest BCUT2D eigenvalue weighted by Crippen LogP contribution is 2.10. The highest BCUT2D eigenvalue weighted by molar-refractivity contribution is 14.0. The summed E-state index contributed by atoms with van der Waals surface area (Å²) in [5, 5.41) is 9.18. The van der Waals surface area contributed by atoms with Crippen LogP contribution >= 0.6 is 39.9 Å². The number of ether oxygens (including phenoxy) is 1. The minimum atomic E-state index is -0.0926. The summed E-state index contributed by atoms with van der Waals surface area (Å²) in [5.41, 5.74) is 0.638. The van der Waals surface area contributed by atoms with E-state index >= 15 is 0 Å². The minimum absolute atomic E-state index is 0. The highest BCUT2D eigenvalue weighted by Gasteiger charge is 2.06. The second kappa shape index (κ2) is 12.5. The molecule has 1 aromatic carbocycles. The molecule has 0 saturated heterocycles. The molecule has 23 heavy (non-hydrogen) atoms. The molecule has 0 radical (unpaired) electrons. The Kier molecular flexibility index (Phi) is 12.1.